The lowest BCUT2D eigenvalue weighted by Gasteiger charge is -2.17. The van der Waals surface area contributed by atoms with Crippen molar-refractivity contribution in [3.8, 4) is 0 Å². The van der Waals surface area contributed by atoms with Gasteiger partial charge < -0.3 is 10.2 Å². The zero-order valence-corrected chi connectivity index (χ0v) is 5.47. The molecular weight excluding hydrogens is 136 g/mol. The second kappa shape index (κ2) is 2.31. The van der Waals surface area contributed by atoms with Gasteiger partial charge in [-0.1, -0.05) is 6.92 Å². The maximum absolute atomic E-state index is 9.06. The van der Waals surface area contributed by atoms with Crippen LogP contribution in [0.4, 0.5) is 0 Å². The van der Waals surface area contributed by atoms with Crippen LogP contribution < -0.4 is 0 Å². The zero-order valence-electron chi connectivity index (χ0n) is 5.47. The van der Waals surface area contributed by atoms with E-state index in [0.29, 0.717) is 0 Å². The molecule has 56 valence electrons. The lowest BCUT2D eigenvalue weighted by molar-refractivity contribution is -0.238. The Morgan fingerprint density at radius 2 is 2.30 bits per heavy atom. The van der Waals surface area contributed by atoms with Crippen molar-refractivity contribution in [1.82, 2.24) is 20.2 Å². The van der Waals surface area contributed by atoms with Crippen molar-refractivity contribution in [3.63, 3.8) is 0 Å². The van der Waals surface area contributed by atoms with Gasteiger partial charge in [-0.3, -0.25) is 0 Å². The highest BCUT2D eigenvalue weighted by Crippen LogP contribution is 2.08. The van der Waals surface area contributed by atoms with Crippen molar-refractivity contribution < 1.29 is 10.2 Å². The Kier molecular flexibility index (Phi) is 1.64. The Balaban J connectivity index is 2.85. The lowest BCUT2D eigenvalue weighted by Crippen LogP contribution is -2.32. The average Bonchev–Trinajstić information content (AvgIpc) is 2.38. The molecule has 0 aliphatic carbocycles. The van der Waals surface area contributed by atoms with E-state index in [4.69, 9.17) is 10.2 Å². The fraction of sp³-hybridized carbons (Fsp3) is 0.750. The first-order chi connectivity index (χ1) is 4.67. The minimum Gasteiger partial charge on any atom is -0.347 e. The Hall–Kier alpha value is -1.01. The van der Waals surface area contributed by atoms with Gasteiger partial charge in [0.15, 0.2) is 0 Å². The van der Waals surface area contributed by atoms with E-state index in [0.717, 1.165) is 11.0 Å². The van der Waals surface area contributed by atoms with E-state index in [2.05, 4.69) is 15.5 Å². The summed E-state index contributed by atoms with van der Waals surface area (Å²) in [6.07, 6.45) is 1.28. The minimum atomic E-state index is -1.95. The predicted octanol–water partition coefficient (Wildman–Crippen LogP) is -1.32. The van der Waals surface area contributed by atoms with Crippen molar-refractivity contribution in [3.05, 3.63) is 6.33 Å². The van der Waals surface area contributed by atoms with Crippen molar-refractivity contribution in [2.75, 3.05) is 0 Å². The second-order valence-electron chi connectivity index (χ2n) is 1.88. The molecule has 0 unspecified atom stereocenters. The maximum atomic E-state index is 9.06. The van der Waals surface area contributed by atoms with Crippen LogP contribution in [0, 0.1) is 0 Å². The normalized spacial score (nSPS) is 11.9. The zero-order chi connectivity index (χ0) is 7.61. The molecule has 1 rings (SSSR count). The number of rotatable bonds is 2. The molecule has 0 fully saturated rings. The van der Waals surface area contributed by atoms with E-state index in [1.807, 2.05) is 0 Å². The molecule has 6 heteroatoms. The summed E-state index contributed by atoms with van der Waals surface area (Å²) in [5, 5.41) is 27.9. The molecule has 2 N–H and O–H groups in total. The van der Waals surface area contributed by atoms with Crippen LogP contribution in [-0.2, 0) is 5.91 Å². The van der Waals surface area contributed by atoms with Gasteiger partial charge >= 0.3 is 0 Å². The fourth-order valence-corrected chi connectivity index (χ4v) is 0.487. The average molecular weight is 144 g/mol. The van der Waals surface area contributed by atoms with Gasteiger partial charge in [0.05, 0.1) is 0 Å². The highest BCUT2D eigenvalue weighted by atomic mass is 16.5. The van der Waals surface area contributed by atoms with Crippen molar-refractivity contribution >= 4 is 0 Å². The van der Waals surface area contributed by atoms with Crippen molar-refractivity contribution in [2.45, 2.75) is 19.3 Å². The summed E-state index contributed by atoms with van der Waals surface area (Å²) in [6.45, 7) is 1.61. The van der Waals surface area contributed by atoms with Crippen molar-refractivity contribution in [1.29, 1.82) is 0 Å². The van der Waals surface area contributed by atoms with E-state index >= 15 is 0 Å². The molecule has 1 aromatic rings. The highest BCUT2D eigenvalue weighted by molar-refractivity contribution is 4.57. The van der Waals surface area contributed by atoms with E-state index < -0.39 is 5.91 Å². The second-order valence-corrected chi connectivity index (χ2v) is 1.88. The summed E-state index contributed by atoms with van der Waals surface area (Å²) < 4.78 is 0.882. The number of aliphatic hydroxyl groups is 2. The summed E-state index contributed by atoms with van der Waals surface area (Å²) in [6, 6.07) is 0. The first-order valence-corrected chi connectivity index (χ1v) is 2.85. The molecule has 6 nitrogen and oxygen atoms in total. The van der Waals surface area contributed by atoms with E-state index in [9.17, 15) is 0 Å². The van der Waals surface area contributed by atoms with Crippen LogP contribution in [0.5, 0.6) is 0 Å². The molecule has 10 heavy (non-hydrogen) atoms. The van der Waals surface area contributed by atoms with E-state index in [-0.39, 0.29) is 6.42 Å². The van der Waals surface area contributed by atoms with Gasteiger partial charge in [0.25, 0.3) is 5.91 Å². The Morgan fingerprint density at radius 1 is 1.60 bits per heavy atom. The quantitative estimate of drug-likeness (QED) is 0.503. The van der Waals surface area contributed by atoms with Gasteiger partial charge in [0.2, 0.25) is 0 Å². The topological polar surface area (TPSA) is 84.1 Å². The smallest absolute Gasteiger partial charge is 0.268 e. The van der Waals surface area contributed by atoms with E-state index in [1.54, 1.807) is 6.92 Å². The third-order valence-corrected chi connectivity index (χ3v) is 1.19. The van der Waals surface area contributed by atoms with Crippen LogP contribution in [-0.4, -0.2) is 30.4 Å². The molecule has 0 radical (unpaired) electrons. The third kappa shape index (κ3) is 1.12. The predicted molar refractivity (Wildman–Crippen MR) is 30.5 cm³/mol. The van der Waals surface area contributed by atoms with Crippen LogP contribution >= 0.6 is 0 Å². The molecular formula is C4H8N4O2. The molecule has 0 aliphatic rings. The fourth-order valence-electron chi connectivity index (χ4n) is 0.487. The molecule has 0 saturated heterocycles. The van der Waals surface area contributed by atoms with Crippen LogP contribution in [0.3, 0.4) is 0 Å². The highest BCUT2D eigenvalue weighted by Gasteiger charge is 2.23. The maximum Gasteiger partial charge on any atom is 0.268 e. The number of hydrogen-bond donors (Lipinski definition) is 2. The van der Waals surface area contributed by atoms with Crippen molar-refractivity contribution in [2.24, 2.45) is 0 Å². The first kappa shape index (κ1) is 7.10. The monoisotopic (exact) mass is 144 g/mol. The SMILES string of the molecule is CCC(O)(O)n1cnnn1. The van der Waals surface area contributed by atoms with Crippen LogP contribution in [0.1, 0.15) is 13.3 Å². The molecule has 0 amide bonds. The van der Waals surface area contributed by atoms with Crippen LogP contribution in [0.2, 0.25) is 0 Å². The standard InChI is InChI=1S/C4H8N4O2/c1-2-4(9,10)8-3-5-6-7-8/h3,9-10H,2H2,1H3. The van der Waals surface area contributed by atoms with E-state index in [1.165, 1.54) is 0 Å². The number of hydrogen-bond acceptors (Lipinski definition) is 5. The first-order valence-electron chi connectivity index (χ1n) is 2.85. The molecule has 1 heterocycles. The van der Waals surface area contributed by atoms with Gasteiger partial charge in [-0.25, -0.2) is 0 Å². The van der Waals surface area contributed by atoms with Gasteiger partial charge in [-0.05, 0) is 10.4 Å². The molecule has 0 atom stereocenters. The molecule has 1 aromatic heterocycles. The van der Waals surface area contributed by atoms with Crippen LogP contribution in [0.25, 0.3) is 0 Å². The van der Waals surface area contributed by atoms with Gasteiger partial charge in [-0.2, -0.15) is 4.68 Å². The molecule has 0 aliphatic heterocycles. The summed E-state index contributed by atoms with van der Waals surface area (Å²) in [7, 11) is 0. The minimum absolute atomic E-state index is 0.137. The molecule has 0 aromatic carbocycles. The largest absolute Gasteiger partial charge is 0.347 e. The van der Waals surface area contributed by atoms with Gasteiger partial charge in [-0.15, -0.1) is 5.10 Å². The third-order valence-electron chi connectivity index (χ3n) is 1.19. The van der Waals surface area contributed by atoms with Crippen LogP contribution in [0.15, 0.2) is 6.33 Å². The van der Waals surface area contributed by atoms with Gasteiger partial charge in [0, 0.05) is 6.42 Å². The Morgan fingerprint density at radius 3 is 2.70 bits per heavy atom. The molecule has 0 bridgehead atoms. The molecule has 0 saturated carbocycles. The lowest BCUT2D eigenvalue weighted by atomic mass is 10.4. The summed E-state index contributed by atoms with van der Waals surface area (Å²) >= 11 is 0. The Bertz CT molecular complexity index is 195. The number of aromatic nitrogens is 4. The number of tetrazole rings is 1. The van der Waals surface area contributed by atoms with Gasteiger partial charge in [0.1, 0.15) is 6.33 Å². The summed E-state index contributed by atoms with van der Waals surface area (Å²) in [4.78, 5) is 0. The summed E-state index contributed by atoms with van der Waals surface area (Å²) in [5.41, 5.74) is 0. The number of nitrogens with zero attached hydrogens (tertiary/aromatic N) is 4. The molecule has 0 spiro atoms. The summed E-state index contributed by atoms with van der Waals surface area (Å²) in [5.74, 6) is -1.95. The Labute approximate surface area is 57.1 Å².